The van der Waals surface area contributed by atoms with Gasteiger partial charge in [-0.3, -0.25) is 9.13 Å². The van der Waals surface area contributed by atoms with Crippen LogP contribution in [0.3, 0.4) is 0 Å². The van der Waals surface area contributed by atoms with Crippen LogP contribution < -0.4 is 25.0 Å². The van der Waals surface area contributed by atoms with Gasteiger partial charge in [-0.15, -0.1) is 0 Å². The molecule has 3 aromatic carbocycles. The molecule has 2 aliphatic rings. The second kappa shape index (κ2) is 9.84. The van der Waals surface area contributed by atoms with Gasteiger partial charge in [0.15, 0.2) is 11.5 Å². The highest BCUT2D eigenvalue weighted by molar-refractivity contribution is 5.91. The summed E-state index contributed by atoms with van der Waals surface area (Å²) in [5.74, 6) is 1.30. The molecule has 6 rings (SSSR count). The molecule has 2 aliphatic heterocycles. The van der Waals surface area contributed by atoms with E-state index in [9.17, 15) is 9.18 Å². The number of para-hydroxylation sites is 2. The van der Waals surface area contributed by atoms with Gasteiger partial charge in [-0.2, -0.15) is 0 Å². The van der Waals surface area contributed by atoms with Crippen LogP contribution in [0.25, 0.3) is 16.7 Å². The number of unbranched alkanes of at least 4 members (excludes halogenated alkanes) is 1. The monoisotopic (exact) mass is 502 g/mol. The maximum absolute atomic E-state index is 13.7. The Bertz CT molecular complexity index is 1470. The summed E-state index contributed by atoms with van der Waals surface area (Å²) in [6.45, 7) is 7.11. The molecular formula is C29H31FN4O3. The van der Waals surface area contributed by atoms with Crippen molar-refractivity contribution in [2.45, 2.75) is 26.3 Å². The lowest BCUT2D eigenvalue weighted by Crippen LogP contribution is -2.47. The summed E-state index contributed by atoms with van der Waals surface area (Å²) >= 11 is 0. The number of aryl methyl sites for hydroxylation is 1. The van der Waals surface area contributed by atoms with Crippen LogP contribution in [0.4, 0.5) is 15.8 Å². The molecule has 0 radical (unpaired) electrons. The van der Waals surface area contributed by atoms with Crippen molar-refractivity contribution in [3.8, 4) is 17.2 Å². The molecule has 37 heavy (non-hydrogen) atoms. The number of hydrogen-bond donors (Lipinski definition) is 0. The smallest absolute Gasteiger partial charge is 0.333 e. The van der Waals surface area contributed by atoms with Crippen molar-refractivity contribution in [3.63, 3.8) is 0 Å². The van der Waals surface area contributed by atoms with E-state index in [1.165, 1.54) is 12.1 Å². The Morgan fingerprint density at radius 3 is 2.27 bits per heavy atom. The molecule has 3 heterocycles. The van der Waals surface area contributed by atoms with Gasteiger partial charge in [0.05, 0.1) is 28.1 Å². The van der Waals surface area contributed by atoms with Gasteiger partial charge in [-0.25, -0.2) is 9.18 Å². The summed E-state index contributed by atoms with van der Waals surface area (Å²) in [6.07, 6.45) is 1.91. The minimum atomic E-state index is -0.319. The Hall–Kier alpha value is -3.94. The normalized spacial score (nSPS) is 15.4. The van der Waals surface area contributed by atoms with Gasteiger partial charge < -0.3 is 19.3 Å². The molecule has 0 N–H and O–H groups in total. The van der Waals surface area contributed by atoms with E-state index >= 15 is 0 Å². The fourth-order valence-corrected chi connectivity index (χ4v) is 5.40. The van der Waals surface area contributed by atoms with Crippen LogP contribution in [-0.4, -0.2) is 48.5 Å². The minimum Gasteiger partial charge on any atom is -0.486 e. The Morgan fingerprint density at radius 2 is 1.51 bits per heavy atom. The third kappa shape index (κ3) is 4.20. The van der Waals surface area contributed by atoms with E-state index in [2.05, 4.69) is 28.9 Å². The average Bonchev–Trinajstić information content (AvgIpc) is 3.23. The molecule has 0 unspecified atom stereocenters. The number of rotatable bonds is 6. The lowest BCUT2D eigenvalue weighted by Gasteiger charge is -2.38. The summed E-state index contributed by atoms with van der Waals surface area (Å²) in [7, 11) is 0. The van der Waals surface area contributed by atoms with E-state index in [-0.39, 0.29) is 11.5 Å². The highest BCUT2D eigenvalue weighted by Gasteiger charge is 2.26. The predicted octanol–water partition coefficient (Wildman–Crippen LogP) is 4.83. The van der Waals surface area contributed by atoms with E-state index in [0.717, 1.165) is 72.9 Å². The molecule has 0 spiro atoms. The van der Waals surface area contributed by atoms with Crippen molar-refractivity contribution in [3.05, 3.63) is 77.0 Å². The Balaban J connectivity index is 1.37. The van der Waals surface area contributed by atoms with E-state index in [1.807, 2.05) is 28.8 Å². The van der Waals surface area contributed by atoms with E-state index in [0.29, 0.717) is 25.4 Å². The number of imidazole rings is 1. The predicted molar refractivity (Wildman–Crippen MR) is 144 cm³/mol. The molecule has 4 aromatic rings. The number of piperazine rings is 1. The van der Waals surface area contributed by atoms with Crippen LogP contribution in [0.1, 0.15) is 19.8 Å². The van der Waals surface area contributed by atoms with Gasteiger partial charge in [0, 0.05) is 32.7 Å². The quantitative estimate of drug-likeness (QED) is 0.378. The Kier molecular flexibility index (Phi) is 6.24. The first-order chi connectivity index (χ1) is 18.2. The number of nitrogens with zero attached hydrogens (tertiary/aromatic N) is 4. The third-order valence-corrected chi connectivity index (χ3v) is 7.26. The Morgan fingerprint density at radius 1 is 0.838 bits per heavy atom. The van der Waals surface area contributed by atoms with Gasteiger partial charge in [0.25, 0.3) is 0 Å². The van der Waals surface area contributed by atoms with Gasteiger partial charge in [0.1, 0.15) is 19.0 Å². The zero-order valence-electron chi connectivity index (χ0n) is 21.0. The summed E-state index contributed by atoms with van der Waals surface area (Å²) in [6, 6.07) is 18.3. The van der Waals surface area contributed by atoms with Crippen LogP contribution >= 0.6 is 0 Å². The van der Waals surface area contributed by atoms with Crippen LogP contribution in [0.2, 0.25) is 0 Å². The van der Waals surface area contributed by atoms with E-state index in [4.69, 9.17) is 9.47 Å². The SMILES string of the molecule is CCCCn1c(=O)n(-c2ccc(F)cc2)c2c(N3CCN(c4cccc5c4OCCO5)CC3)cccc21. The summed E-state index contributed by atoms with van der Waals surface area (Å²) in [4.78, 5) is 18.3. The molecule has 192 valence electrons. The number of halogens is 1. The van der Waals surface area contributed by atoms with Crippen molar-refractivity contribution in [1.29, 1.82) is 0 Å². The fraction of sp³-hybridized carbons (Fsp3) is 0.345. The van der Waals surface area contributed by atoms with Gasteiger partial charge in [-0.1, -0.05) is 25.5 Å². The number of benzene rings is 3. The topological polar surface area (TPSA) is 51.9 Å². The molecule has 0 amide bonds. The Labute approximate surface area is 215 Å². The van der Waals surface area contributed by atoms with Gasteiger partial charge in [0.2, 0.25) is 0 Å². The highest BCUT2D eigenvalue weighted by Crippen LogP contribution is 2.40. The standard InChI is InChI=1S/C29H31FN4O3/c1-2-3-14-33-24-7-4-6-23(27(24)34(29(33)35)22-12-10-21(30)11-13-22)31-15-17-32(18-16-31)25-8-5-9-26-28(25)37-20-19-36-26/h4-13H,2-3,14-20H2,1H3. The maximum atomic E-state index is 13.7. The first kappa shape index (κ1) is 23.5. The van der Waals surface area contributed by atoms with Crippen molar-refractivity contribution in [1.82, 2.24) is 9.13 Å². The number of anilines is 2. The summed E-state index contributed by atoms with van der Waals surface area (Å²) in [5.41, 5.74) is 4.44. The number of hydrogen-bond acceptors (Lipinski definition) is 5. The lowest BCUT2D eigenvalue weighted by atomic mass is 10.1. The molecule has 1 saturated heterocycles. The molecule has 8 heteroatoms. The lowest BCUT2D eigenvalue weighted by molar-refractivity contribution is 0.172. The number of ether oxygens (including phenoxy) is 2. The number of aromatic nitrogens is 2. The van der Waals surface area contributed by atoms with Gasteiger partial charge >= 0.3 is 5.69 Å². The zero-order valence-corrected chi connectivity index (χ0v) is 21.0. The van der Waals surface area contributed by atoms with Crippen molar-refractivity contribution in [2.24, 2.45) is 0 Å². The summed E-state index contributed by atoms with van der Waals surface area (Å²) < 4.78 is 29.0. The molecule has 0 saturated carbocycles. The maximum Gasteiger partial charge on any atom is 0.333 e. The second-order valence-electron chi connectivity index (χ2n) is 9.52. The fourth-order valence-electron chi connectivity index (χ4n) is 5.40. The van der Waals surface area contributed by atoms with Crippen LogP contribution in [0, 0.1) is 5.82 Å². The van der Waals surface area contributed by atoms with Crippen LogP contribution in [-0.2, 0) is 6.54 Å². The van der Waals surface area contributed by atoms with Crippen molar-refractivity contribution >= 4 is 22.4 Å². The number of fused-ring (bicyclic) bond motifs is 2. The molecule has 0 bridgehead atoms. The highest BCUT2D eigenvalue weighted by atomic mass is 19.1. The van der Waals surface area contributed by atoms with Crippen LogP contribution in [0.5, 0.6) is 11.5 Å². The average molecular weight is 503 g/mol. The first-order valence-corrected chi connectivity index (χ1v) is 13.0. The largest absolute Gasteiger partial charge is 0.486 e. The van der Waals surface area contributed by atoms with Crippen molar-refractivity contribution in [2.75, 3.05) is 49.2 Å². The van der Waals surface area contributed by atoms with E-state index < -0.39 is 0 Å². The van der Waals surface area contributed by atoms with Crippen LogP contribution in [0.15, 0.2) is 65.5 Å². The van der Waals surface area contributed by atoms with Gasteiger partial charge in [-0.05, 0) is 55.0 Å². The molecule has 7 nitrogen and oxygen atoms in total. The molecule has 1 fully saturated rings. The zero-order chi connectivity index (χ0) is 25.4. The van der Waals surface area contributed by atoms with E-state index in [1.54, 1.807) is 16.7 Å². The first-order valence-electron chi connectivity index (χ1n) is 13.0. The molecule has 0 atom stereocenters. The van der Waals surface area contributed by atoms with Crippen molar-refractivity contribution < 1.29 is 13.9 Å². The molecule has 1 aromatic heterocycles. The molecule has 0 aliphatic carbocycles. The second-order valence-corrected chi connectivity index (χ2v) is 9.52. The minimum absolute atomic E-state index is 0.0887. The third-order valence-electron chi connectivity index (χ3n) is 7.26. The summed E-state index contributed by atoms with van der Waals surface area (Å²) in [5, 5.41) is 0. The molecular weight excluding hydrogens is 471 g/mol.